The van der Waals surface area contributed by atoms with Crippen molar-refractivity contribution in [3.05, 3.63) is 0 Å². The maximum atomic E-state index is 9.28. The number of hydrogen-bond acceptors (Lipinski definition) is 3. The van der Waals surface area contributed by atoms with Gasteiger partial charge in [-0.1, -0.05) is 6.92 Å². The monoisotopic (exact) mass is 159 g/mol. The standard InChI is InChI=1S/C8H17NO2/c1-2-4-9-5-3-7(10)8(11)6-9/h7-8,10-11H,2-6H2,1H3/t7-,8-/m0/s1. The molecule has 2 atom stereocenters. The van der Waals surface area contributed by atoms with Crippen molar-refractivity contribution < 1.29 is 10.2 Å². The highest BCUT2D eigenvalue weighted by Gasteiger charge is 2.24. The number of hydrogen-bond donors (Lipinski definition) is 2. The molecule has 2 N–H and O–H groups in total. The Morgan fingerprint density at radius 3 is 2.64 bits per heavy atom. The van der Waals surface area contributed by atoms with Crippen LogP contribution in [0.15, 0.2) is 0 Å². The Bertz CT molecular complexity index is 119. The van der Waals surface area contributed by atoms with Gasteiger partial charge in [-0.2, -0.15) is 0 Å². The van der Waals surface area contributed by atoms with Gasteiger partial charge < -0.3 is 15.1 Å². The predicted molar refractivity (Wildman–Crippen MR) is 43.4 cm³/mol. The van der Waals surface area contributed by atoms with Crippen molar-refractivity contribution in [3.63, 3.8) is 0 Å². The van der Waals surface area contributed by atoms with E-state index < -0.39 is 12.2 Å². The lowest BCUT2D eigenvalue weighted by Gasteiger charge is -2.32. The second kappa shape index (κ2) is 4.04. The van der Waals surface area contributed by atoms with E-state index in [-0.39, 0.29) is 0 Å². The third-order valence-electron chi connectivity index (χ3n) is 2.17. The SMILES string of the molecule is CCCN1CC[C@H](O)[C@@H](O)C1. The summed E-state index contributed by atoms with van der Waals surface area (Å²) >= 11 is 0. The first-order valence-corrected chi connectivity index (χ1v) is 4.32. The molecule has 3 heteroatoms. The van der Waals surface area contributed by atoms with E-state index in [1.54, 1.807) is 0 Å². The largest absolute Gasteiger partial charge is 0.390 e. The van der Waals surface area contributed by atoms with Crippen molar-refractivity contribution in [1.82, 2.24) is 4.90 Å². The topological polar surface area (TPSA) is 43.7 Å². The Morgan fingerprint density at radius 2 is 2.09 bits per heavy atom. The fraction of sp³-hybridized carbons (Fsp3) is 1.00. The van der Waals surface area contributed by atoms with Crippen LogP contribution in [0.3, 0.4) is 0 Å². The van der Waals surface area contributed by atoms with E-state index in [2.05, 4.69) is 11.8 Å². The van der Waals surface area contributed by atoms with Crippen LogP contribution >= 0.6 is 0 Å². The quantitative estimate of drug-likeness (QED) is 0.587. The lowest BCUT2D eigenvalue weighted by Crippen LogP contribution is -2.46. The molecule has 3 nitrogen and oxygen atoms in total. The minimum Gasteiger partial charge on any atom is -0.390 e. The van der Waals surface area contributed by atoms with E-state index in [0.717, 1.165) is 19.5 Å². The Hall–Kier alpha value is -0.120. The third kappa shape index (κ3) is 2.43. The summed E-state index contributed by atoms with van der Waals surface area (Å²) in [6, 6.07) is 0. The Morgan fingerprint density at radius 1 is 1.36 bits per heavy atom. The number of β-amino-alcohol motifs (C(OH)–C–C–N with tert-alkyl or cyclic N) is 1. The Labute approximate surface area is 67.6 Å². The highest BCUT2D eigenvalue weighted by atomic mass is 16.3. The minimum absolute atomic E-state index is 0.497. The molecule has 66 valence electrons. The first kappa shape index (κ1) is 8.97. The fourth-order valence-corrected chi connectivity index (χ4v) is 1.50. The molecule has 0 bridgehead atoms. The van der Waals surface area contributed by atoms with Gasteiger partial charge in [0.15, 0.2) is 0 Å². The van der Waals surface area contributed by atoms with Crippen LogP contribution in [0.1, 0.15) is 19.8 Å². The van der Waals surface area contributed by atoms with Gasteiger partial charge in [0.2, 0.25) is 0 Å². The third-order valence-corrected chi connectivity index (χ3v) is 2.17. The van der Waals surface area contributed by atoms with Crippen molar-refractivity contribution in [3.8, 4) is 0 Å². The molecule has 0 aromatic rings. The zero-order valence-electron chi connectivity index (χ0n) is 7.03. The molecule has 1 saturated heterocycles. The molecule has 0 aromatic carbocycles. The van der Waals surface area contributed by atoms with Crippen molar-refractivity contribution in [2.24, 2.45) is 0 Å². The van der Waals surface area contributed by atoms with Crippen molar-refractivity contribution >= 4 is 0 Å². The van der Waals surface area contributed by atoms with Crippen LogP contribution in [-0.2, 0) is 0 Å². The van der Waals surface area contributed by atoms with Gasteiger partial charge in [0.1, 0.15) is 0 Å². The predicted octanol–water partition coefficient (Wildman–Crippen LogP) is -0.176. The molecule has 0 unspecified atom stereocenters. The van der Waals surface area contributed by atoms with Gasteiger partial charge in [0, 0.05) is 13.1 Å². The number of aliphatic hydroxyl groups is 2. The smallest absolute Gasteiger partial charge is 0.0926 e. The second-order valence-corrected chi connectivity index (χ2v) is 3.22. The zero-order chi connectivity index (χ0) is 8.27. The Balaban J connectivity index is 2.28. The molecule has 0 aromatic heterocycles. The lowest BCUT2D eigenvalue weighted by molar-refractivity contribution is -0.0381. The average Bonchev–Trinajstić information content (AvgIpc) is 1.98. The number of aliphatic hydroxyl groups excluding tert-OH is 2. The minimum atomic E-state index is -0.532. The second-order valence-electron chi connectivity index (χ2n) is 3.22. The van der Waals surface area contributed by atoms with E-state index in [9.17, 15) is 10.2 Å². The van der Waals surface area contributed by atoms with Crippen molar-refractivity contribution in [2.45, 2.75) is 32.0 Å². The summed E-state index contributed by atoms with van der Waals surface area (Å²) in [5, 5.41) is 18.5. The summed E-state index contributed by atoms with van der Waals surface area (Å²) in [6.45, 7) is 4.71. The molecule has 1 fully saturated rings. The van der Waals surface area contributed by atoms with E-state index in [1.807, 2.05) is 0 Å². The molecule has 1 aliphatic heterocycles. The maximum absolute atomic E-state index is 9.28. The molecule has 0 saturated carbocycles. The van der Waals surface area contributed by atoms with E-state index >= 15 is 0 Å². The number of likely N-dealkylation sites (tertiary alicyclic amines) is 1. The molecule has 1 heterocycles. The number of nitrogens with zero attached hydrogens (tertiary/aromatic N) is 1. The fourth-order valence-electron chi connectivity index (χ4n) is 1.50. The van der Waals surface area contributed by atoms with Gasteiger partial charge in [-0.25, -0.2) is 0 Å². The van der Waals surface area contributed by atoms with Crippen molar-refractivity contribution in [2.75, 3.05) is 19.6 Å². The molecule has 0 spiro atoms. The van der Waals surface area contributed by atoms with Crippen LogP contribution in [-0.4, -0.2) is 47.0 Å². The molecule has 0 amide bonds. The summed E-state index contributed by atoms with van der Waals surface area (Å²) in [5.41, 5.74) is 0. The van der Waals surface area contributed by atoms with Crippen LogP contribution in [0.5, 0.6) is 0 Å². The van der Waals surface area contributed by atoms with Crippen molar-refractivity contribution in [1.29, 1.82) is 0 Å². The van der Waals surface area contributed by atoms with Gasteiger partial charge in [0.25, 0.3) is 0 Å². The summed E-state index contributed by atoms with van der Waals surface area (Å²) in [7, 11) is 0. The van der Waals surface area contributed by atoms with Gasteiger partial charge in [-0.05, 0) is 19.4 Å². The summed E-state index contributed by atoms with van der Waals surface area (Å²) in [5.74, 6) is 0. The van der Waals surface area contributed by atoms with Crippen LogP contribution in [0.25, 0.3) is 0 Å². The normalized spacial score (nSPS) is 34.1. The first-order valence-electron chi connectivity index (χ1n) is 4.32. The molecular weight excluding hydrogens is 142 g/mol. The van der Waals surface area contributed by atoms with Gasteiger partial charge >= 0.3 is 0 Å². The van der Waals surface area contributed by atoms with E-state index in [1.165, 1.54) is 0 Å². The highest BCUT2D eigenvalue weighted by molar-refractivity contribution is 4.78. The molecular formula is C8H17NO2. The molecule has 0 radical (unpaired) electrons. The number of piperidine rings is 1. The number of rotatable bonds is 2. The summed E-state index contributed by atoms with van der Waals surface area (Å²) in [4.78, 5) is 2.19. The maximum Gasteiger partial charge on any atom is 0.0926 e. The molecule has 1 rings (SSSR count). The average molecular weight is 159 g/mol. The van der Waals surface area contributed by atoms with Gasteiger partial charge in [-0.3, -0.25) is 0 Å². The summed E-state index contributed by atoms with van der Waals surface area (Å²) in [6.07, 6.45) is 0.794. The van der Waals surface area contributed by atoms with Crippen LogP contribution in [0.2, 0.25) is 0 Å². The lowest BCUT2D eigenvalue weighted by atomic mass is 10.1. The van der Waals surface area contributed by atoms with Crippen LogP contribution in [0, 0.1) is 0 Å². The molecule has 11 heavy (non-hydrogen) atoms. The zero-order valence-corrected chi connectivity index (χ0v) is 7.03. The molecule has 1 aliphatic rings. The van der Waals surface area contributed by atoms with Crippen LogP contribution in [0.4, 0.5) is 0 Å². The first-order chi connectivity index (χ1) is 5.24. The molecule has 0 aliphatic carbocycles. The Kier molecular flexibility index (Phi) is 3.30. The van der Waals surface area contributed by atoms with Crippen LogP contribution < -0.4 is 0 Å². The summed E-state index contributed by atoms with van der Waals surface area (Å²) < 4.78 is 0. The van der Waals surface area contributed by atoms with E-state index in [4.69, 9.17) is 0 Å². The van der Waals surface area contributed by atoms with Gasteiger partial charge in [-0.15, -0.1) is 0 Å². The highest BCUT2D eigenvalue weighted by Crippen LogP contribution is 2.10. The van der Waals surface area contributed by atoms with Gasteiger partial charge in [0.05, 0.1) is 12.2 Å². The van der Waals surface area contributed by atoms with E-state index in [0.29, 0.717) is 13.0 Å².